The molecule has 0 aromatic rings. The van der Waals surface area contributed by atoms with Crippen molar-refractivity contribution in [2.24, 2.45) is 0 Å². The molecule has 0 aromatic carbocycles. The summed E-state index contributed by atoms with van der Waals surface area (Å²) in [6, 6.07) is 0. The molecule has 66 valence electrons. The molecule has 11 heavy (non-hydrogen) atoms. The summed E-state index contributed by atoms with van der Waals surface area (Å²) in [5.41, 5.74) is 0. The second-order valence-corrected chi connectivity index (χ2v) is 2.40. The van der Waals surface area contributed by atoms with Crippen LogP contribution in [0.15, 0.2) is 0 Å². The first-order valence-corrected chi connectivity index (χ1v) is 3.91. The van der Waals surface area contributed by atoms with E-state index in [1.807, 2.05) is 6.92 Å². The van der Waals surface area contributed by atoms with Gasteiger partial charge in [0, 0.05) is 7.11 Å². The summed E-state index contributed by atoms with van der Waals surface area (Å²) in [5.74, 6) is -0.277. The lowest BCUT2D eigenvalue weighted by Gasteiger charge is -2.08. The molecule has 3 nitrogen and oxygen atoms in total. The third kappa shape index (κ3) is 4.79. The molecule has 0 rings (SSSR count). The van der Waals surface area contributed by atoms with E-state index in [0.29, 0.717) is 6.61 Å². The molecule has 0 aliphatic carbocycles. The predicted octanol–water partition coefficient (Wildman–Crippen LogP) is 1.36. The Kier molecular flexibility index (Phi) is 5.84. The first kappa shape index (κ1) is 10.4. The third-order valence-electron chi connectivity index (χ3n) is 1.43. The van der Waals surface area contributed by atoms with Gasteiger partial charge < -0.3 is 9.47 Å². The first-order valence-electron chi connectivity index (χ1n) is 3.91. The summed E-state index contributed by atoms with van der Waals surface area (Å²) in [6.45, 7) is 4.23. The van der Waals surface area contributed by atoms with E-state index in [-0.39, 0.29) is 5.97 Å². The van der Waals surface area contributed by atoms with Gasteiger partial charge in [0.2, 0.25) is 0 Å². The minimum atomic E-state index is -0.438. The number of methoxy groups -OCH3 is 1. The number of hydrogen-bond donors (Lipinski definition) is 0. The highest BCUT2D eigenvalue weighted by Crippen LogP contribution is 1.94. The van der Waals surface area contributed by atoms with Gasteiger partial charge in [0.1, 0.15) is 0 Å². The molecule has 0 N–H and O–H groups in total. The zero-order valence-corrected chi connectivity index (χ0v) is 7.42. The van der Waals surface area contributed by atoms with Crippen LogP contribution in [0.5, 0.6) is 0 Å². The van der Waals surface area contributed by atoms with Gasteiger partial charge in [-0.25, -0.2) is 4.79 Å². The monoisotopic (exact) mass is 160 g/mol. The smallest absolute Gasteiger partial charge is 0.334 e. The van der Waals surface area contributed by atoms with E-state index in [4.69, 9.17) is 9.47 Å². The van der Waals surface area contributed by atoms with E-state index in [0.717, 1.165) is 12.8 Å². The molecule has 0 aliphatic heterocycles. The van der Waals surface area contributed by atoms with Crippen LogP contribution in [0.25, 0.3) is 0 Å². The minimum absolute atomic E-state index is 0.277. The lowest BCUT2D eigenvalue weighted by Crippen LogP contribution is -2.22. The van der Waals surface area contributed by atoms with Gasteiger partial charge in [-0.2, -0.15) is 0 Å². The van der Waals surface area contributed by atoms with E-state index < -0.39 is 6.10 Å². The van der Waals surface area contributed by atoms with Gasteiger partial charge in [-0.05, 0) is 13.3 Å². The van der Waals surface area contributed by atoms with Crippen LogP contribution in [0.3, 0.4) is 0 Å². The topological polar surface area (TPSA) is 35.5 Å². The molecule has 0 aromatic heterocycles. The molecule has 3 heteroatoms. The molecule has 0 aliphatic rings. The van der Waals surface area contributed by atoms with E-state index in [1.54, 1.807) is 6.92 Å². The van der Waals surface area contributed by atoms with Crippen molar-refractivity contribution in [3.63, 3.8) is 0 Å². The van der Waals surface area contributed by atoms with Gasteiger partial charge >= 0.3 is 5.97 Å². The Morgan fingerprint density at radius 1 is 1.55 bits per heavy atom. The molecule has 0 amide bonds. The highest BCUT2D eigenvalue weighted by atomic mass is 16.6. The zero-order chi connectivity index (χ0) is 8.69. The summed E-state index contributed by atoms with van der Waals surface area (Å²) in [7, 11) is 1.49. The van der Waals surface area contributed by atoms with Crippen molar-refractivity contribution in [1.29, 1.82) is 0 Å². The van der Waals surface area contributed by atoms with E-state index in [2.05, 4.69) is 0 Å². The Morgan fingerprint density at radius 3 is 2.64 bits per heavy atom. The van der Waals surface area contributed by atoms with Crippen LogP contribution in [0, 0.1) is 0 Å². The molecule has 1 unspecified atom stereocenters. The number of ether oxygens (including phenoxy) is 2. The minimum Gasteiger partial charge on any atom is -0.464 e. The van der Waals surface area contributed by atoms with Crippen LogP contribution in [-0.4, -0.2) is 25.8 Å². The third-order valence-corrected chi connectivity index (χ3v) is 1.43. The maximum absolute atomic E-state index is 10.9. The van der Waals surface area contributed by atoms with Crippen molar-refractivity contribution in [1.82, 2.24) is 0 Å². The number of unbranched alkanes of at least 4 members (excludes halogenated alkanes) is 1. The highest BCUT2D eigenvalue weighted by Gasteiger charge is 2.11. The fraction of sp³-hybridized carbons (Fsp3) is 0.875. The molecule has 0 spiro atoms. The normalized spacial score (nSPS) is 12.6. The summed E-state index contributed by atoms with van der Waals surface area (Å²) in [5, 5.41) is 0. The van der Waals surface area contributed by atoms with Crippen molar-refractivity contribution in [2.45, 2.75) is 32.8 Å². The molecule has 0 fully saturated rings. The van der Waals surface area contributed by atoms with Crippen LogP contribution in [-0.2, 0) is 14.3 Å². The van der Waals surface area contributed by atoms with Crippen molar-refractivity contribution >= 4 is 5.97 Å². The lowest BCUT2D eigenvalue weighted by molar-refractivity contribution is -0.154. The van der Waals surface area contributed by atoms with Crippen LogP contribution in [0.2, 0.25) is 0 Å². The maximum Gasteiger partial charge on any atom is 0.334 e. The molecule has 0 radical (unpaired) electrons. The number of rotatable bonds is 5. The van der Waals surface area contributed by atoms with E-state index >= 15 is 0 Å². The molecule has 0 saturated heterocycles. The van der Waals surface area contributed by atoms with Gasteiger partial charge in [0.15, 0.2) is 6.10 Å². The molecule has 0 bridgehead atoms. The fourth-order valence-electron chi connectivity index (χ4n) is 0.531. The van der Waals surface area contributed by atoms with E-state index in [9.17, 15) is 4.79 Å². The summed E-state index contributed by atoms with van der Waals surface area (Å²) < 4.78 is 9.64. The standard InChI is InChI=1S/C8H16O3/c1-4-5-6-11-8(9)7(2)10-3/h7H,4-6H2,1-3H3. The Balaban J connectivity index is 3.36. The molecule has 0 saturated carbocycles. The number of carbonyl (C=O) groups excluding carboxylic acids is 1. The summed E-state index contributed by atoms with van der Waals surface area (Å²) in [4.78, 5) is 10.9. The summed E-state index contributed by atoms with van der Waals surface area (Å²) >= 11 is 0. The maximum atomic E-state index is 10.9. The Hall–Kier alpha value is -0.570. The van der Waals surface area contributed by atoms with Crippen LogP contribution >= 0.6 is 0 Å². The predicted molar refractivity (Wildman–Crippen MR) is 42.3 cm³/mol. The second kappa shape index (κ2) is 6.16. The van der Waals surface area contributed by atoms with Crippen molar-refractivity contribution in [2.75, 3.05) is 13.7 Å². The quantitative estimate of drug-likeness (QED) is 0.450. The fourth-order valence-corrected chi connectivity index (χ4v) is 0.531. The average Bonchev–Trinajstić information content (AvgIpc) is 2.03. The average molecular weight is 160 g/mol. The van der Waals surface area contributed by atoms with Crippen molar-refractivity contribution in [3.8, 4) is 0 Å². The second-order valence-electron chi connectivity index (χ2n) is 2.40. The van der Waals surface area contributed by atoms with Gasteiger partial charge in [-0.3, -0.25) is 0 Å². The Labute approximate surface area is 67.7 Å². The lowest BCUT2D eigenvalue weighted by atomic mass is 10.3. The molecule has 0 heterocycles. The number of carbonyl (C=O) groups is 1. The van der Waals surface area contributed by atoms with Crippen LogP contribution in [0.4, 0.5) is 0 Å². The highest BCUT2D eigenvalue weighted by molar-refractivity contribution is 5.74. The van der Waals surface area contributed by atoms with Gasteiger partial charge in [-0.1, -0.05) is 13.3 Å². The first-order chi connectivity index (χ1) is 5.22. The zero-order valence-electron chi connectivity index (χ0n) is 7.42. The SMILES string of the molecule is CCCCOC(=O)C(C)OC. The molecule has 1 atom stereocenters. The van der Waals surface area contributed by atoms with Crippen molar-refractivity contribution in [3.05, 3.63) is 0 Å². The van der Waals surface area contributed by atoms with Crippen molar-refractivity contribution < 1.29 is 14.3 Å². The van der Waals surface area contributed by atoms with Crippen LogP contribution < -0.4 is 0 Å². The van der Waals surface area contributed by atoms with Gasteiger partial charge in [-0.15, -0.1) is 0 Å². The number of esters is 1. The largest absolute Gasteiger partial charge is 0.464 e. The van der Waals surface area contributed by atoms with Gasteiger partial charge in [0.05, 0.1) is 6.61 Å². The molecular weight excluding hydrogens is 144 g/mol. The van der Waals surface area contributed by atoms with Crippen LogP contribution in [0.1, 0.15) is 26.7 Å². The van der Waals surface area contributed by atoms with Gasteiger partial charge in [0.25, 0.3) is 0 Å². The Bertz CT molecular complexity index is 112. The molecular formula is C8H16O3. The number of hydrogen-bond acceptors (Lipinski definition) is 3. The Morgan fingerprint density at radius 2 is 2.18 bits per heavy atom. The van der Waals surface area contributed by atoms with E-state index in [1.165, 1.54) is 7.11 Å². The summed E-state index contributed by atoms with van der Waals surface area (Å²) in [6.07, 6.45) is 1.52.